The first kappa shape index (κ1) is 49.7. The second-order valence-electron chi connectivity index (χ2n) is 12.8. The average molecular weight is 748 g/mol. The van der Waals surface area contributed by atoms with Crippen molar-refractivity contribution in [1.82, 2.24) is 0 Å². The molecule has 6 heteroatoms. The van der Waals surface area contributed by atoms with Crippen molar-refractivity contribution in [2.24, 2.45) is 0 Å². The third-order valence-corrected chi connectivity index (χ3v) is 23.6. The molecule has 0 amide bonds. The van der Waals surface area contributed by atoms with Crippen molar-refractivity contribution in [2.75, 3.05) is 0 Å². The fourth-order valence-electron chi connectivity index (χ4n) is 5.86. The summed E-state index contributed by atoms with van der Waals surface area (Å²) in [6.07, 6.45) is 2.75. The zero-order valence-corrected chi connectivity index (χ0v) is 37.4. The van der Waals surface area contributed by atoms with Crippen LogP contribution in [-0.2, 0) is 26.2 Å². The molecule has 0 spiro atoms. The first-order valence-electron chi connectivity index (χ1n) is 16.8. The molecule has 0 bridgehead atoms. The van der Waals surface area contributed by atoms with E-state index in [1.54, 1.807) is 10.4 Å². The maximum Gasteiger partial charge on any atom is 4.00 e. The Kier molecular flexibility index (Phi) is 30.7. The molecule has 1 radical (unpaired) electrons. The quantitative estimate of drug-likeness (QED) is 0.181. The van der Waals surface area contributed by atoms with Crippen molar-refractivity contribution in [3.63, 3.8) is 0 Å². The number of rotatable bonds is 14. The molecule has 243 valence electrons. The molecule has 42 heavy (non-hydrogen) atoms. The van der Waals surface area contributed by atoms with E-state index in [2.05, 4.69) is 133 Å². The summed E-state index contributed by atoms with van der Waals surface area (Å²) >= 11 is 0. The van der Waals surface area contributed by atoms with E-state index in [1.165, 1.54) is 60.2 Å². The van der Waals surface area contributed by atoms with E-state index in [-0.39, 0.29) is 51.0 Å². The van der Waals surface area contributed by atoms with Gasteiger partial charge in [0, 0.05) is 25.7 Å². The van der Waals surface area contributed by atoms with Crippen LogP contribution in [-0.4, -0.2) is 25.7 Å². The molecule has 0 heterocycles. The van der Waals surface area contributed by atoms with E-state index in [0.29, 0.717) is 11.8 Å². The van der Waals surface area contributed by atoms with Gasteiger partial charge in [-0.05, 0) is 11.8 Å². The molecule has 0 N–H and O–H groups in total. The summed E-state index contributed by atoms with van der Waals surface area (Å²) in [6.45, 7) is 32.7. The number of hydrogen-bond donors (Lipinski definition) is 0. The summed E-state index contributed by atoms with van der Waals surface area (Å²) in [5.41, 5.74) is 5.08. The van der Waals surface area contributed by atoms with Gasteiger partial charge in [-0.1, -0.05) is 157 Å². The molecule has 0 fully saturated rings. The summed E-state index contributed by atoms with van der Waals surface area (Å²) < 4.78 is 0. The number of halogens is 2. The minimum atomic E-state index is -1.12. The fourth-order valence-corrected chi connectivity index (χ4v) is 14.8. The van der Waals surface area contributed by atoms with Gasteiger partial charge in [0.05, 0.1) is 0 Å². The summed E-state index contributed by atoms with van der Waals surface area (Å²) in [5, 5.41) is 3.39. The topological polar surface area (TPSA) is 0 Å². The molecular weight excluding hydrogens is 679 g/mol. The zero-order valence-electron chi connectivity index (χ0n) is 30.3. The molecule has 2 atom stereocenters. The van der Waals surface area contributed by atoms with Crippen LogP contribution in [0.5, 0.6) is 0 Å². The van der Waals surface area contributed by atoms with Gasteiger partial charge in [0.25, 0.3) is 0 Å². The number of hydrogen-bond acceptors (Lipinski definition) is 0. The van der Waals surface area contributed by atoms with E-state index < -0.39 is 16.1 Å². The van der Waals surface area contributed by atoms with Crippen LogP contribution in [0.1, 0.15) is 133 Å². The van der Waals surface area contributed by atoms with Gasteiger partial charge in [0.15, 0.2) is 0 Å². The van der Waals surface area contributed by atoms with Crippen LogP contribution in [0, 0.1) is 0 Å². The van der Waals surface area contributed by atoms with E-state index in [9.17, 15) is 0 Å². The Labute approximate surface area is 301 Å². The minimum absolute atomic E-state index is 0. The molecular formula is C36H69Cl2Si3Zr. The Balaban J connectivity index is -0.000000257. The predicted octanol–water partition coefficient (Wildman–Crippen LogP) is 5.35. The molecule has 0 aliphatic rings. The fraction of sp³-hybridized carbons (Fsp3) is 0.722. The van der Waals surface area contributed by atoms with Crippen LogP contribution < -0.4 is 35.2 Å². The van der Waals surface area contributed by atoms with Crippen molar-refractivity contribution < 1.29 is 51.0 Å². The van der Waals surface area contributed by atoms with Crippen LogP contribution in [0.15, 0.2) is 36.4 Å². The van der Waals surface area contributed by atoms with Gasteiger partial charge in [-0.3, -0.25) is 0 Å². The van der Waals surface area contributed by atoms with Crippen molar-refractivity contribution >= 4 is 36.0 Å². The Hall–Kier alpha value is 0.814. The Morgan fingerprint density at radius 3 is 0.976 bits per heavy atom. The van der Waals surface area contributed by atoms with Crippen molar-refractivity contribution in [3.8, 4) is 0 Å². The third-order valence-electron chi connectivity index (χ3n) is 10.1. The Morgan fingerprint density at radius 2 is 0.810 bits per heavy atom. The van der Waals surface area contributed by atoms with E-state index in [1.807, 2.05) is 0 Å². The minimum Gasteiger partial charge on any atom is -1.00 e. The first-order valence-corrected chi connectivity index (χ1v) is 23.4. The summed E-state index contributed by atoms with van der Waals surface area (Å²) in [4.78, 5) is 0. The molecule has 0 aliphatic heterocycles. The molecule has 0 aliphatic carbocycles. The van der Waals surface area contributed by atoms with Gasteiger partial charge in [-0.2, -0.15) is 35.4 Å². The van der Waals surface area contributed by atoms with Crippen molar-refractivity contribution in [3.05, 3.63) is 47.5 Å². The average Bonchev–Trinajstić information content (AvgIpc) is 3.64. The standard InChI is InChI=1S/2C14H25Si.C8H19Si.2ClH.Zr/c2*1-6-15(7-2,8-3)14-10-9-13(11-14)12(4)5;1-5-7(3)9-8(4)6-2;;;/h2*9-12H,6-8H2,1-5H3;7-9H,5-6H2,1-4H3;2*1H;/q2*-1;;;;+4/p-2. The van der Waals surface area contributed by atoms with Gasteiger partial charge in [0.2, 0.25) is 0 Å². The Bertz CT molecular complexity index is 780. The zero-order chi connectivity index (χ0) is 30.2. The molecule has 0 aromatic heterocycles. The maximum atomic E-state index is 2.48. The summed E-state index contributed by atoms with van der Waals surface area (Å²) in [5.74, 6) is 1.35. The van der Waals surface area contributed by atoms with Crippen LogP contribution in [0.3, 0.4) is 0 Å². The second-order valence-corrected chi connectivity index (χ2v) is 26.0. The molecule has 2 aromatic carbocycles. The third kappa shape index (κ3) is 15.4. The summed E-state index contributed by atoms with van der Waals surface area (Å²) in [6, 6.07) is 22.8. The molecule has 0 saturated heterocycles. The van der Waals surface area contributed by atoms with Crippen LogP contribution in [0.2, 0.25) is 47.3 Å². The van der Waals surface area contributed by atoms with E-state index in [0.717, 1.165) is 20.6 Å². The first-order chi connectivity index (χ1) is 18.4. The molecule has 2 aromatic rings. The largest absolute Gasteiger partial charge is 4.00 e. The monoisotopic (exact) mass is 745 g/mol. The normalized spacial score (nSPS) is 12.6. The van der Waals surface area contributed by atoms with Crippen molar-refractivity contribution in [1.29, 1.82) is 0 Å². The van der Waals surface area contributed by atoms with Crippen LogP contribution in [0.25, 0.3) is 0 Å². The van der Waals surface area contributed by atoms with Crippen LogP contribution in [0.4, 0.5) is 0 Å². The van der Waals surface area contributed by atoms with Gasteiger partial charge >= 0.3 is 26.2 Å². The van der Waals surface area contributed by atoms with E-state index >= 15 is 0 Å². The smallest absolute Gasteiger partial charge is 1.00 e. The second kappa shape index (κ2) is 25.9. The van der Waals surface area contributed by atoms with Gasteiger partial charge in [-0.15, -0.1) is 0 Å². The maximum absolute atomic E-state index is 2.48. The van der Waals surface area contributed by atoms with E-state index in [4.69, 9.17) is 0 Å². The van der Waals surface area contributed by atoms with Gasteiger partial charge < -0.3 is 24.8 Å². The summed E-state index contributed by atoms with van der Waals surface area (Å²) in [7, 11) is -1.52. The molecule has 2 rings (SSSR count). The van der Waals surface area contributed by atoms with Crippen molar-refractivity contribution in [2.45, 2.75) is 169 Å². The van der Waals surface area contributed by atoms with Gasteiger partial charge in [0.1, 0.15) is 0 Å². The van der Waals surface area contributed by atoms with Crippen LogP contribution >= 0.6 is 0 Å². The SMILES string of the molecule is CCC(C)[SiH]C(C)CC.CC[Si](CC)(CC)c1c[cH-]c(C(C)C)c1.CC[Si](CC)(CC)c1c[cH-]c(C(C)C)c1.[Cl-].[Cl-].[Zr+4]. The molecule has 2 unspecified atom stereocenters. The molecule has 0 nitrogen and oxygen atoms in total. The predicted molar refractivity (Wildman–Crippen MR) is 192 cm³/mol. The molecule has 0 saturated carbocycles. The van der Waals surface area contributed by atoms with Gasteiger partial charge in [-0.25, -0.2) is 22.5 Å². The Morgan fingerprint density at radius 1 is 0.548 bits per heavy atom.